The Morgan fingerprint density at radius 2 is 2.05 bits per heavy atom. The van der Waals surface area contributed by atoms with E-state index < -0.39 is 12.1 Å². The Balaban J connectivity index is 2.33. The van der Waals surface area contributed by atoms with E-state index in [1.165, 1.54) is 7.11 Å². The van der Waals surface area contributed by atoms with Crippen LogP contribution >= 0.6 is 0 Å². The summed E-state index contributed by atoms with van der Waals surface area (Å²) in [6, 6.07) is 5.87. The maximum atomic E-state index is 11.6. The number of carboxylic acids is 1. The van der Waals surface area contributed by atoms with Gasteiger partial charge in [-0.05, 0) is 31.0 Å². The van der Waals surface area contributed by atoms with Gasteiger partial charge in [-0.25, -0.2) is 4.79 Å². The zero-order valence-electron chi connectivity index (χ0n) is 12.5. The van der Waals surface area contributed by atoms with Crippen molar-refractivity contribution in [2.75, 3.05) is 20.3 Å². The predicted molar refractivity (Wildman–Crippen MR) is 77.5 cm³/mol. The Labute approximate surface area is 124 Å². The molecular formula is C15H21NO5. The van der Waals surface area contributed by atoms with Crippen molar-refractivity contribution in [1.29, 1.82) is 0 Å². The highest BCUT2D eigenvalue weighted by Crippen LogP contribution is 2.19. The highest BCUT2D eigenvalue weighted by molar-refractivity contribution is 5.78. The van der Waals surface area contributed by atoms with Crippen LogP contribution in [-0.4, -0.2) is 43.3 Å². The summed E-state index contributed by atoms with van der Waals surface area (Å²) in [4.78, 5) is 22.3. The molecule has 21 heavy (non-hydrogen) atoms. The van der Waals surface area contributed by atoms with Gasteiger partial charge in [0.15, 0.2) is 6.10 Å². The number of hydrogen-bond donors (Lipinski definition) is 2. The van der Waals surface area contributed by atoms with Gasteiger partial charge >= 0.3 is 5.97 Å². The molecule has 2 N–H and O–H groups in total. The summed E-state index contributed by atoms with van der Waals surface area (Å²) in [5.74, 6) is -0.629. The summed E-state index contributed by atoms with van der Waals surface area (Å²) >= 11 is 0. The van der Waals surface area contributed by atoms with Gasteiger partial charge in [-0.1, -0.05) is 12.1 Å². The van der Waals surface area contributed by atoms with Crippen molar-refractivity contribution in [3.8, 4) is 5.75 Å². The van der Waals surface area contributed by atoms with Gasteiger partial charge in [0.25, 0.3) is 0 Å². The first-order valence-electron chi connectivity index (χ1n) is 6.66. The number of methoxy groups -OCH3 is 1. The lowest BCUT2D eigenvalue weighted by Crippen LogP contribution is -2.38. The van der Waals surface area contributed by atoms with E-state index in [-0.39, 0.29) is 25.5 Å². The van der Waals surface area contributed by atoms with E-state index in [1.54, 1.807) is 0 Å². The molecule has 1 rings (SSSR count). The third-order valence-electron chi connectivity index (χ3n) is 2.97. The van der Waals surface area contributed by atoms with Crippen LogP contribution in [0.4, 0.5) is 0 Å². The molecule has 0 fully saturated rings. The summed E-state index contributed by atoms with van der Waals surface area (Å²) in [7, 11) is 1.29. The number of aliphatic carboxylic acids is 1. The molecule has 0 aliphatic rings. The van der Waals surface area contributed by atoms with E-state index in [4.69, 9.17) is 14.6 Å². The number of hydrogen-bond acceptors (Lipinski definition) is 4. The number of carboxylic acid groups (broad SMARTS) is 1. The van der Waals surface area contributed by atoms with Crippen LogP contribution in [0, 0.1) is 13.8 Å². The molecule has 0 aromatic heterocycles. The van der Waals surface area contributed by atoms with Crippen molar-refractivity contribution in [3.05, 3.63) is 29.3 Å². The highest BCUT2D eigenvalue weighted by atomic mass is 16.5. The summed E-state index contributed by atoms with van der Waals surface area (Å²) in [6.07, 6.45) is -0.877. The molecule has 0 aliphatic carbocycles. The van der Waals surface area contributed by atoms with E-state index in [9.17, 15) is 9.59 Å². The lowest BCUT2D eigenvalue weighted by molar-refractivity contribution is -0.148. The van der Waals surface area contributed by atoms with Gasteiger partial charge in [0.05, 0.1) is 19.6 Å². The van der Waals surface area contributed by atoms with Crippen LogP contribution in [0.5, 0.6) is 5.75 Å². The van der Waals surface area contributed by atoms with Crippen molar-refractivity contribution in [2.45, 2.75) is 26.4 Å². The monoisotopic (exact) mass is 295 g/mol. The van der Waals surface area contributed by atoms with Crippen LogP contribution in [0.3, 0.4) is 0 Å². The molecule has 6 heteroatoms. The predicted octanol–water partition coefficient (Wildman–Crippen LogP) is 1.29. The molecule has 1 aromatic rings. The Morgan fingerprint density at radius 1 is 1.33 bits per heavy atom. The standard InChI is InChI=1S/C15H21NO5/c1-10-4-5-11(2)12(8-10)21-7-6-14(17)16-9-13(20-3)15(18)19/h4-5,8,13H,6-7,9H2,1-3H3,(H,16,17)(H,18,19). The molecule has 0 aliphatic heterocycles. The van der Waals surface area contributed by atoms with E-state index in [0.717, 1.165) is 16.9 Å². The van der Waals surface area contributed by atoms with Crippen molar-refractivity contribution >= 4 is 11.9 Å². The fourth-order valence-corrected chi connectivity index (χ4v) is 1.68. The topological polar surface area (TPSA) is 84.9 Å². The summed E-state index contributed by atoms with van der Waals surface area (Å²) < 4.78 is 10.3. The fraction of sp³-hybridized carbons (Fsp3) is 0.467. The largest absolute Gasteiger partial charge is 0.493 e. The molecule has 116 valence electrons. The molecule has 1 unspecified atom stereocenters. The summed E-state index contributed by atoms with van der Waals surface area (Å²) in [5.41, 5.74) is 2.09. The minimum absolute atomic E-state index is 0.0614. The highest BCUT2D eigenvalue weighted by Gasteiger charge is 2.16. The summed E-state index contributed by atoms with van der Waals surface area (Å²) in [5, 5.41) is 11.3. The SMILES string of the molecule is COC(CNC(=O)CCOc1cc(C)ccc1C)C(=O)O. The van der Waals surface area contributed by atoms with Crippen LogP contribution in [0.15, 0.2) is 18.2 Å². The van der Waals surface area contributed by atoms with Gasteiger partial charge in [-0.3, -0.25) is 4.79 Å². The van der Waals surface area contributed by atoms with Crippen molar-refractivity contribution in [3.63, 3.8) is 0 Å². The number of amides is 1. The first-order chi connectivity index (χ1) is 9.93. The molecular weight excluding hydrogens is 274 g/mol. The second-order valence-electron chi connectivity index (χ2n) is 4.73. The molecule has 0 saturated heterocycles. The van der Waals surface area contributed by atoms with Crippen LogP contribution < -0.4 is 10.1 Å². The quantitative estimate of drug-likeness (QED) is 0.755. The molecule has 6 nitrogen and oxygen atoms in total. The lowest BCUT2D eigenvalue weighted by Gasteiger charge is -2.12. The van der Waals surface area contributed by atoms with Gasteiger partial charge in [0.1, 0.15) is 5.75 Å². The van der Waals surface area contributed by atoms with Gasteiger partial charge in [-0.2, -0.15) is 0 Å². The molecule has 0 heterocycles. The van der Waals surface area contributed by atoms with Crippen molar-refractivity contribution in [2.24, 2.45) is 0 Å². The smallest absolute Gasteiger partial charge is 0.334 e. The fourth-order valence-electron chi connectivity index (χ4n) is 1.68. The zero-order valence-corrected chi connectivity index (χ0v) is 12.5. The first kappa shape index (κ1) is 17.0. The van der Waals surface area contributed by atoms with Crippen molar-refractivity contribution in [1.82, 2.24) is 5.32 Å². The Morgan fingerprint density at radius 3 is 2.67 bits per heavy atom. The molecule has 0 saturated carbocycles. The Bertz CT molecular complexity index is 501. The van der Waals surface area contributed by atoms with E-state index in [2.05, 4.69) is 5.32 Å². The molecule has 0 bridgehead atoms. The van der Waals surface area contributed by atoms with Gasteiger partial charge in [0, 0.05) is 7.11 Å². The number of nitrogens with one attached hydrogen (secondary N) is 1. The lowest BCUT2D eigenvalue weighted by atomic mass is 10.1. The van der Waals surface area contributed by atoms with Crippen molar-refractivity contribution < 1.29 is 24.2 Å². The Hall–Kier alpha value is -2.08. The van der Waals surface area contributed by atoms with E-state index in [0.29, 0.717) is 0 Å². The molecule has 0 spiro atoms. The third kappa shape index (κ3) is 5.83. The second kappa shape index (κ2) is 8.26. The van der Waals surface area contributed by atoms with Crippen LogP contribution in [0.1, 0.15) is 17.5 Å². The number of rotatable bonds is 8. The zero-order chi connectivity index (χ0) is 15.8. The normalized spacial score (nSPS) is 11.8. The summed E-state index contributed by atoms with van der Waals surface area (Å²) in [6.45, 7) is 4.08. The average Bonchev–Trinajstić information content (AvgIpc) is 2.43. The molecule has 1 atom stereocenters. The number of ether oxygens (including phenoxy) is 2. The molecule has 1 aromatic carbocycles. The maximum Gasteiger partial charge on any atom is 0.334 e. The second-order valence-corrected chi connectivity index (χ2v) is 4.73. The number of benzene rings is 1. The van der Waals surface area contributed by atoms with Crippen LogP contribution in [-0.2, 0) is 14.3 Å². The van der Waals surface area contributed by atoms with Crippen LogP contribution in [0.2, 0.25) is 0 Å². The van der Waals surface area contributed by atoms with E-state index >= 15 is 0 Å². The minimum Gasteiger partial charge on any atom is -0.493 e. The average molecular weight is 295 g/mol. The van der Waals surface area contributed by atoms with E-state index in [1.807, 2.05) is 32.0 Å². The number of carbonyl (C=O) groups excluding carboxylic acids is 1. The van der Waals surface area contributed by atoms with Crippen LogP contribution in [0.25, 0.3) is 0 Å². The first-order valence-corrected chi connectivity index (χ1v) is 6.66. The van der Waals surface area contributed by atoms with Gasteiger partial charge in [0.2, 0.25) is 5.91 Å². The number of carbonyl (C=O) groups is 2. The Kier molecular flexibility index (Phi) is 6.68. The third-order valence-corrected chi connectivity index (χ3v) is 2.97. The minimum atomic E-state index is -1.11. The van der Waals surface area contributed by atoms with Gasteiger partial charge in [-0.15, -0.1) is 0 Å². The maximum absolute atomic E-state index is 11.6. The molecule has 0 radical (unpaired) electrons. The van der Waals surface area contributed by atoms with Gasteiger partial charge < -0.3 is 19.9 Å². The molecule has 1 amide bonds. The number of aryl methyl sites for hydroxylation is 2.